The molecule has 1 aliphatic carbocycles. The van der Waals surface area contributed by atoms with Crippen molar-refractivity contribution in [1.29, 1.82) is 0 Å². The molecule has 3 unspecified atom stereocenters. The molecule has 0 amide bonds. The summed E-state index contributed by atoms with van der Waals surface area (Å²) in [6, 6.07) is 0.0840. The van der Waals surface area contributed by atoms with E-state index in [1.165, 1.54) is 0 Å². The van der Waals surface area contributed by atoms with Gasteiger partial charge in [0.05, 0.1) is 12.6 Å². The second kappa shape index (κ2) is 7.64. The maximum atomic E-state index is 12.3. The Morgan fingerprint density at radius 1 is 1.30 bits per heavy atom. The number of likely N-dealkylation sites (tertiary alicyclic amines) is 1. The number of hydrogen-bond acceptors (Lipinski definition) is 4. The molecule has 1 heterocycles. The summed E-state index contributed by atoms with van der Waals surface area (Å²) in [7, 11) is 0. The van der Waals surface area contributed by atoms with E-state index in [-0.39, 0.29) is 18.7 Å². The van der Waals surface area contributed by atoms with Gasteiger partial charge in [0.2, 0.25) is 0 Å². The molecule has 4 N–H and O–H groups in total. The molecule has 2 rings (SSSR count). The topological polar surface area (TPSA) is 61.5 Å². The van der Waals surface area contributed by atoms with Gasteiger partial charge < -0.3 is 21.1 Å². The molecule has 118 valence electrons. The lowest BCUT2D eigenvalue weighted by molar-refractivity contribution is 0.0695. The van der Waals surface area contributed by atoms with Crippen LogP contribution in [0.25, 0.3) is 0 Å². The molecule has 0 bridgehead atoms. The number of rotatable bonds is 8. The average Bonchev–Trinajstić information content (AvgIpc) is 3.20. The van der Waals surface area contributed by atoms with E-state index in [1.807, 2.05) is 0 Å². The Kier molecular flexibility index (Phi) is 6.14. The lowest BCUT2D eigenvalue weighted by atomic mass is 9.88. The Balaban J connectivity index is 1.82. The molecule has 1 aliphatic heterocycles. The van der Waals surface area contributed by atoms with Crippen LogP contribution in [0.5, 0.6) is 0 Å². The van der Waals surface area contributed by atoms with Crippen LogP contribution in [0.15, 0.2) is 0 Å². The second-order valence-corrected chi connectivity index (χ2v) is 6.29. The van der Waals surface area contributed by atoms with Gasteiger partial charge in [0, 0.05) is 32.2 Å². The van der Waals surface area contributed by atoms with Gasteiger partial charge in [-0.05, 0) is 37.5 Å². The molecule has 0 aromatic heterocycles. The van der Waals surface area contributed by atoms with Crippen LogP contribution in [0.2, 0.25) is 0 Å². The summed E-state index contributed by atoms with van der Waals surface area (Å²) in [6.45, 7) is 2.83. The Hall–Kier alpha value is -0.300. The van der Waals surface area contributed by atoms with Gasteiger partial charge >= 0.3 is 0 Å². The van der Waals surface area contributed by atoms with Crippen molar-refractivity contribution in [3.05, 3.63) is 0 Å². The lowest BCUT2D eigenvalue weighted by Crippen LogP contribution is -2.51. The van der Waals surface area contributed by atoms with Crippen molar-refractivity contribution in [3.8, 4) is 0 Å². The highest BCUT2D eigenvalue weighted by Gasteiger charge is 2.34. The van der Waals surface area contributed by atoms with E-state index in [0.29, 0.717) is 18.4 Å². The van der Waals surface area contributed by atoms with E-state index < -0.39 is 6.43 Å². The molecule has 20 heavy (non-hydrogen) atoms. The van der Waals surface area contributed by atoms with E-state index in [0.717, 1.165) is 45.3 Å². The van der Waals surface area contributed by atoms with Gasteiger partial charge in [-0.3, -0.25) is 0 Å². The Morgan fingerprint density at radius 3 is 2.65 bits per heavy atom. The Bertz CT molecular complexity index is 290. The zero-order chi connectivity index (χ0) is 14.5. The van der Waals surface area contributed by atoms with Crippen LogP contribution in [0.1, 0.15) is 25.7 Å². The Morgan fingerprint density at radius 2 is 2.05 bits per heavy atom. The molecule has 0 aromatic carbocycles. The first kappa shape index (κ1) is 16.1. The van der Waals surface area contributed by atoms with E-state index in [1.54, 1.807) is 0 Å². The number of halogens is 2. The van der Waals surface area contributed by atoms with Crippen molar-refractivity contribution in [2.45, 2.75) is 44.3 Å². The highest BCUT2D eigenvalue weighted by molar-refractivity contribution is 4.88. The molecular weight excluding hydrogens is 264 g/mol. The van der Waals surface area contributed by atoms with Crippen LogP contribution in [-0.4, -0.2) is 61.3 Å². The largest absolute Gasteiger partial charge is 0.393 e. The van der Waals surface area contributed by atoms with E-state index in [2.05, 4.69) is 10.2 Å². The van der Waals surface area contributed by atoms with Crippen LogP contribution in [-0.2, 0) is 0 Å². The van der Waals surface area contributed by atoms with Gasteiger partial charge in [-0.15, -0.1) is 0 Å². The third-order valence-corrected chi connectivity index (χ3v) is 4.36. The predicted octanol–water partition coefficient (Wildman–Crippen LogP) is 0.651. The quantitative estimate of drug-likeness (QED) is 0.614. The minimum absolute atomic E-state index is 0.0840. The van der Waals surface area contributed by atoms with Crippen molar-refractivity contribution in [1.82, 2.24) is 10.2 Å². The van der Waals surface area contributed by atoms with Gasteiger partial charge in [-0.2, -0.15) is 0 Å². The van der Waals surface area contributed by atoms with Gasteiger partial charge in [0.25, 0.3) is 6.43 Å². The maximum Gasteiger partial charge on any atom is 0.250 e. The number of alkyl halides is 2. The fourth-order valence-electron chi connectivity index (χ4n) is 3.26. The predicted molar refractivity (Wildman–Crippen MR) is 74.7 cm³/mol. The first-order chi connectivity index (χ1) is 9.58. The van der Waals surface area contributed by atoms with Crippen molar-refractivity contribution >= 4 is 0 Å². The fraction of sp³-hybridized carbons (Fsp3) is 1.00. The van der Waals surface area contributed by atoms with Crippen molar-refractivity contribution in [2.75, 3.05) is 32.7 Å². The van der Waals surface area contributed by atoms with Crippen molar-refractivity contribution in [2.24, 2.45) is 17.6 Å². The molecule has 0 aromatic rings. The molecule has 1 saturated heterocycles. The molecule has 4 nitrogen and oxygen atoms in total. The van der Waals surface area contributed by atoms with Crippen LogP contribution in [0.3, 0.4) is 0 Å². The van der Waals surface area contributed by atoms with Crippen LogP contribution >= 0.6 is 0 Å². The first-order valence-corrected chi connectivity index (χ1v) is 7.70. The smallest absolute Gasteiger partial charge is 0.250 e. The summed E-state index contributed by atoms with van der Waals surface area (Å²) >= 11 is 0. The number of aliphatic hydroxyl groups is 1. The average molecular weight is 291 g/mol. The molecule has 1 saturated carbocycles. The highest BCUT2D eigenvalue weighted by atomic mass is 19.3. The van der Waals surface area contributed by atoms with Crippen LogP contribution < -0.4 is 11.1 Å². The minimum atomic E-state index is -2.31. The third-order valence-electron chi connectivity index (χ3n) is 4.36. The minimum Gasteiger partial charge on any atom is -0.393 e. The molecule has 0 radical (unpaired) electrons. The zero-order valence-corrected chi connectivity index (χ0v) is 12.0. The van der Waals surface area contributed by atoms with E-state index in [4.69, 9.17) is 5.73 Å². The second-order valence-electron chi connectivity index (χ2n) is 6.29. The molecule has 2 aliphatic rings. The normalized spacial score (nSPS) is 29.9. The number of nitrogens with two attached hydrogens (primary N) is 1. The molecule has 6 heteroatoms. The van der Waals surface area contributed by atoms with Gasteiger partial charge in [0.1, 0.15) is 0 Å². The summed E-state index contributed by atoms with van der Waals surface area (Å²) in [5.41, 5.74) is 5.60. The number of aliphatic hydroxyl groups excluding tert-OH is 1. The molecule has 2 fully saturated rings. The summed E-state index contributed by atoms with van der Waals surface area (Å²) in [6.07, 6.45) is 1.40. The lowest BCUT2D eigenvalue weighted by Gasteiger charge is -2.38. The van der Waals surface area contributed by atoms with Crippen molar-refractivity contribution in [3.63, 3.8) is 0 Å². The zero-order valence-electron chi connectivity index (χ0n) is 12.0. The van der Waals surface area contributed by atoms with Crippen LogP contribution in [0, 0.1) is 11.8 Å². The Labute approximate surface area is 119 Å². The number of nitrogens with zero attached hydrogens (tertiary/aromatic N) is 1. The van der Waals surface area contributed by atoms with Crippen molar-refractivity contribution < 1.29 is 13.9 Å². The van der Waals surface area contributed by atoms with E-state index >= 15 is 0 Å². The molecule has 3 atom stereocenters. The molecule has 0 spiro atoms. The summed E-state index contributed by atoms with van der Waals surface area (Å²) < 4.78 is 24.6. The highest BCUT2D eigenvalue weighted by Crippen LogP contribution is 2.36. The van der Waals surface area contributed by atoms with Crippen LogP contribution in [0.4, 0.5) is 8.78 Å². The summed E-state index contributed by atoms with van der Waals surface area (Å²) in [4.78, 5) is 2.23. The van der Waals surface area contributed by atoms with Gasteiger partial charge in [-0.25, -0.2) is 8.78 Å². The number of piperidine rings is 1. The number of nitrogens with one attached hydrogen (secondary N) is 1. The first-order valence-electron chi connectivity index (χ1n) is 7.70. The third kappa shape index (κ3) is 5.24. The maximum absolute atomic E-state index is 12.3. The SMILES string of the molecule is NCCN1CC(CC(O)C2CC2)CC(NCC(F)F)C1. The summed E-state index contributed by atoms with van der Waals surface area (Å²) in [5.74, 6) is 0.855. The van der Waals surface area contributed by atoms with E-state index in [9.17, 15) is 13.9 Å². The van der Waals surface area contributed by atoms with Gasteiger partial charge in [-0.1, -0.05) is 0 Å². The number of hydrogen-bond donors (Lipinski definition) is 3. The standard InChI is InChI=1S/C14H27F2N3O/c15-14(16)7-18-12-5-10(6-13(20)11-1-2-11)8-19(9-12)4-3-17/h10-14,18,20H,1-9,17H2. The monoisotopic (exact) mass is 291 g/mol. The fourth-order valence-corrected chi connectivity index (χ4v) is 3.26. The summed E-state index contributed by atoms with van der Waals surface area (Å²) in [5, 5.41) is 13.0. The molecular formula is C14H27F2N3O. The van der Waals surface area contributed by atoms with Gasteiger partial charge in [0.15, 0.2) is 0 Å².